The Labute approximate surface area is 182 Å². The van der Waals surface area contributed by atoms with Gasteiger partial charge in [0.05, 0.1) is 31.0 Å². The van der Waals surface area contributed by atoms with Crippen molar-refractivity contribution in [1.82, 2.24) is 19.5 Å². The summed E-state index contributed by atoms with van der Waals surface area (Å²) in [7, 11) is 12.4. The zero-order valence-electron chi connectivity index (χ0n) is 17.2. The summed E-state index contributed by atoms with van der Waals surface area (Å²) in [5.41, 5.74) is -0.746. The van der Waals surface area contributed by atoms with Gasteiger partial charge in [0.15, 0.2) is 0 Å². The van der Waals surface area contributed by atoms with E-state index in [2.05, 4.69) is 15.0 Å². The van der Waals surface area contributed by atoms with E-state index >= 15 is 0 Å². The first-order chi connectivity index (χ1) is 14.8. The van der Waals surface area contributed by atoms with Gasteiger partial charge in [0.2, 0.25) is 5.88 Å². The zero-order chi connectivity index (χ0) is 22.2. The topological polar surface area (TPSA) is 99.4 Å². The van der Waals surface area contributed by atoms with Crippen LogP contribution >= 0.6 is 0 Å². The fourth-order valence-corrected chi connectivity index (χ4v) is 3.41. The molecule has 8 nitrogen and oxygen atoms in total. The molecule has 154 valence electrons. The Morgan fingerprint density at radius 1 is 1.26 bits per heavy atom. The fourth-order valence-electron chi connectivity index (χ4n) is 3.41. The monoisotopic (exact) mass is 414 g/mol. The number of hydrogen-bond acceptors (Lipinski definition) is 7. The minimum atomic E-state index is -2.28. The molecule has 0 amide bonds. The standard InChI is InChI=1S/C21H20B2N4O4/c1-12-24-10-17(13-5-6-27(19(28)8-13)21(22,23)29)20(26-12)31-11-14-7-16(14)18-4-3-15(30-2)9-25-18/h3-6,8-10,14,16,29H,7,11H2,1-2H3. The fraction of sp³-hybridized carbons (Fsp3) is 0.333. The number of methoxy groups -OCH3 is 1. The minimum absolute atomic E-state index is 0.321. The zero-order valence-corrected chi connectivity index (χ0v) is 17.2. The van der Waals surface area contributed by atoms with Gasteiger partial charge in [-0.25, -0.2) is 4.98 Å². The number of aliphatic hydroxyl groups is 1. The highest BCUT2D eigenvalue weighted by molar-refractivity contribution is 6.36. The number of ether oxygens (including phenoxy) is 2. The molecular formula is C21H20B2N4O4. The molecule has 31 heavy (non-hydrogen) atoms. The minimum Gasteiger partial charge on any atom is -0.495 e. The van der Waals surface area contributed by atoms with Crippen molar-refractivity contribution in [2.45, 2.75) is 24.8 Å². The van der Waals surface area contributed by atoms with E-state index in [1.807, 2.05) is 12.1 Å². The SMILES string of the molecule is [B]C([B])(O)n1ccc(-c2cnc(C)nc2OCC2CC2c2ccc(OC)cn2)cc1=O. The Bertz CT molecular complexity index is 1150. The molecular weight excluding hydrogens is 394 g/mol. The predicted octanol–water partition coefficient (Wildman–Crippen LogP) is 1.10. The van der Waals surface area contributed by atoms with Crippen LogP contribution in [-0.2, 0) is 5.52 Å². The number of pyridine rings is 2. The van der Waals surface area contributed by atoms with Crippen LogP contribution in [0.3, 0.4) is 0 Å². The van der Waals surface area contributed by atoms with Crippen LogP contribution in [0.25, 0.3) is 11.1 Å². The summed E-state index contributed by atoms with van der Waals surface area (Å²) in [5.74, 6) is 2.31. The largest absolute Gasteiger partial charge is 0.495 e. The molecule has 3 heterocycles. The highest BCUT2D eigenvalue weighted by Gasteiger charge is 2.40. The number of nitrogens with zero attached hydrogens (tertiary/aromatic N) is 4. The lowest BCUT2D eigenvalue weighted by molar-refractivity contribution is 0.137. The van der Waals surface area contributed by atoms with Gasteiger partial charge in [-0.2, -0.15) is 4.98 Å². The maximum atomic E-state index is 12.3. The third kappa shape index (κ3) is 4.64. The van der Waals surface area contributed by atoms with E-state index in [4.69, 9.17) is 25.2 Å². The van der Waals surface area contributed by atoms with E-state index < -0.39 is 11.1 Å². The van der Waals surface area contributed by atoms with E-state index in [-0.39, 0.29) is 0 Å². The molecule has 4 radical (unpaired) electrons. The molecule has 0 aliphatic heterocycles. The summed E-state index contributed by atoms with van der Waals surface area (Å²) < 4.78 is 12.0. The van der Waals surface area contributed by atoms with E-state index in [9.17, 15) is 9.90 Å². The van der Waals surface area contributed by atoms with Gasteiger partial charge >= 0.3 is 0 Å². The molecule has 4 rings (SSSR count). The molecule has 1 saturated carbocycles. The summed E-state index contributed by atoms with van der Waals surface area (Å²) in [6.45, 7) is 2.23. The average Bonchev–Trinajstić information content (AvgIpc) is 3.51. The van der Waals surface area contributed by atoms with Gasteiger partial charge in [0.25, 0.3) is 5.56 Å². The number of hydrogen-bond donors (Lipinski definition) is 1. The lowest BCUT2D eigenvalue weighted by atomic mass is 9.73. The molecule has 1 fully saturated rings. The van der Waals surface area contributed by atoms with E-state index in [1.54, 1.807) is 32.5 Å². The van der Waals surface area contributed by atoms with Crippen LogP contribution in [0.2, 0.25) is 0 Å². The van der Waals surface area contributed by atoms with E-state index in [0.717, 1.165) is 22.4 Å². The highest BCUT2D eigenvalue weighted by atomic mass is 16.5. The van der Waals surface area contributed by atoms with Gasteiger partial charge in [-0.05, 0) is 37.1 Å². The first-order valence-electron chi connectivity index (χ1n) is 9.76. The Morgan fingerprint density at radius 2 is 2.06 bits per heavy atom. The van der Waals surface area contributed by atoms with Crippen molar-refractivity contribution in [3.63, 3.8) is 0 Å². The Balaban J connectivity index is 1.50. The molecule has 0 spiro atoms. The van der Waals surface area contributed by atoms with Crippen molar-refractivity contribution in [1.29, 1.82) is 0 Å². The van der Waals surface area contributed by atoms with Crippen LogP contribution in [0.15, 0.2) is 47.7 Å². The van der Waals surface area contributed by atoms with E-state index in [0.29, 0.717) is 41.3 Å². The number of rotatable bonds is 7. The molecule has 3 aromatic rings. The van der Waals surface area contributed by atoms with Crippen molar-refractivity contribution >= 4 is 15.7 Å². The van der Waals surface area contributed by atoms with Crippen LogP contribution in [0, 0.1) is 12.8 Å². The molecule has 2 unspecified atom stereocenters. The molecule has 1 aliphatic rings. The summed E-state index contributed by atoms with van der Waals surface area (Å²) in [6, 6.07) is 6.76. The van der Waals surface area contributed by atoms with E-state index in [1.165, 1.54) is 12.3 Å². The van der Waals surface area contributed by atoms with Crippen molar-refractivity contribution in [2.75, 3.05) is 13.7 Å². The average molecular weight is 414 g/mol. The molecule has 10 heteroatoms. The summed E-state index contributed by atoms with van der Waals surface area (Å²) in [4.78, 5) is 25.4. The quantitative estimate of drug-likeness (QED) is 0.579. The second-order valence-electron chi connectivity index (χ2n) is 7.58. The molecule has 0 aromatic carbocycles. The first-order valence-corrected chi connectivity index (χ1v) is 9.76. The second-order valence-corrected chi connectivity index (χ2v) is 7.58. The van der Waals surface area contributed by atoms with Crippen molar-refractivity contribution in [2.24, 2.45) is 5.92 Å². The Morgan fingerprint density at radius 3 is 2.71 bits per heavy atom. The molecule has 0 bridgehead atoms. The van der Waals surface area contributed by atoms with Crippen LogP contribution in [0.1, 0.15) is 23.9 Å². The molecule has 3 aromatic heterocycles. The molecule has 2 atom stereocenters. The van der Waals surface area contributed by atoms with Gasteiger partial charge < -0.3 is 19.1 Å². The molecule has 0 saturated heterocycles. The van der Waals surface area contributed by atoms with Gasteiger partial charge in [-0.15, -0.1) is 0 Å². The lowest BCUT2D eigenvalue weighted by Crippen LogP contribution is -2.41. The summed E-state index contributed by atoms with van der Waals surface area (Å²) in [5, 5.41) is 9.68. The molecule has 1 N–H and O–H groups in total. The van der Waals surface area contributed by atoms with Gasteiger partial charge in [0.1, 0.15) is 27.3 Å². The van der Waals surface area contributed by atoms with Gasteiger partial charge in [-0.3, -0.25) is 9.78 Å². The Kier molecular flexibility index (Phi) is 5.58. The van der Waals surface area contributed by atoms with Crippen LogP contribution in [-0.4, -0.2) is 54.0 Å². The maximum Gasteiger partial charge on any atom is 0.252 e. The molecule has 1 aliphatic carbocycles. The first kappa shape index (κ1) is 21.1. The smallest absolute Gasteiger partial charge is 0.252 e. The predicted molar refractivity (Wildman–Crippen MR) is 115 cm³/mol. The highest BCUT2D eigenvalue weighted by Crippen LogP contribution is 2.47. The normalized spacial score (nSPS) is 17.9. The third-order valence-corrected chi connectivity index (χ3v) is 5.22. The third-order valence-electron chi connectivity index (χ3n) is 5.22. The second kappa shape index (κ2) is 8.19. The van der Waals surface area contributed by atoms with Crippen molar-refractivity contribution in [3.05, 3.63) is 64.7 Å². The Hall–Kier alpha value is -3.13. The summed E-state index contributed by atoms with van der Waals surface area (Å²) in [6.07, 6.45) is 5.60. The van der Waals surface area contributed by atoms with Crippen molar-refractivity contribution in [3.8, 4) is 22.8 Å². The van der Waals surface area contributed by atoms with Crippen LogP contribution in [0.5, 0.6) is 11.6 Å². The van der Waals surface area contributed by atoms with Crippen LogP contribution < -0.4 is 15.0 Å². The van der Waals surface area contributed by atoms with Gasteiger partial charge in [-0.1, -0.05) is 0 Å². The maximum absolute atomic E-state index is 12.3. The van der Waals surface area contributed by atoms with Gasteiger partial charge in [0, 0.05) is 36.0 Å². The van der Waals surface area contributed by atoms with Crippen molar-refractivity contribution < 1.29 is 14.6 Å². The summed E-state index contributed by atoms with van der Waals surface area (Å²) >= 11 is 0. The lowest BCUT2D eigenvalue weighted by Gasteiger charge is -2.22. The number of aromatic nitrogens is 4. The van der Waals surface area contributed by atoms with Crippen LogP contribution in [0.4, 0.5) is 0 Å². The number of aryl methyl sites for hydroxylation is 1.